The van der Waals surface area contributed by atoms with Crippen molar-refractivity contribution in [2.75, 3.05) is 18.5 Å². The molecule has 154 valence electrons. The van der Waals surface area contributed by atoms with Crippen molar-refractivity contribution in [2.45, 2.75) is 32.5 Å². The minimum Gasteiger partial charge on any atom is -0.435 e. The third kappa shape index (κ3) is 5.91. The molecule has 1 aliphatic rings. The average molecular weight is 402 g/mol. The predicted molar refractivity (Wildman–Crippen MR) is 108 cm³/mol. The topological polar surface area (TPSA) is 66.0 Å². The maximum atomic E-state index is 12.3. The van der Waals surface area contributed by atoms with Gasteiger partial charge in [0.2, 0.25) is 5.91 Å². The summed E-state index contributed by atoms with van der Waals surface area (Å²) in [6.45, 7) is -1.10. The number of amides is 1. The highest BCUT2D eigenvalue weighted by atomic mass is 19.3. The summed E-state index contributed by atoms with van der Waals surface area (Å²) in [5, 5.41) is 6.35. The van der Waals surface area contributed by atoms with E-state index in [-0.39, 0.29) is 11.7 Å². The molecule has 0 aromatic heterocycles. The lowest BCUT2D eigenvalue weighted by atomic mass is 10.2. The van der Waals surface area contributed by atoms with Gasteiger partial charge in [0.15, 0.2) is 5.96 Å². The number of hydrogen-bond acceptors (Lipinski definition) is 3. The van der Waals surface area contributed by atoms with Gasteiger partial charge in [-0.05, 0) is 41.8 Å². The number of halogens is 2. The lowest BCUT2D eigenvalue weighted by Crippen LogP contribution is -2.36. The molecule has 0 atom stereocenters. The standard InChI is InChI=1S/C21H24F2N4O2/c1-24-21(26-14-16-4-2-5-18(12-16)29-20(22)23)25-13-15-7-9-17(10-8-15)27-11-3-6-19(27)28/h2,4-5,7-10,12,20H,3,6,11,13-14H2,1H3,(H2,24,25,26). The van der Waals surface area contributed by atoms with E-state index in [0.29, 0.717) is 25.5 Å². The minimum absolute atomic E-state index is 0.124. The van der Waals surface area contributed by atoms with Crippen LogP contribution in [0.25, 0.3) is 0 Å². The number of ether oxygens (including phenoxy) is 1. The van der Waals surface area contributed by atoms with Crippen molar-refractivity contribution in [3.8, 4) is 5.75 Å². The van der Waals surface area contributed by atoms with Gasteiger partial charge in [-0.25, -0.2) is 0 Å². The number of anilines is 1. The average Bonchev–Trinajstić information content (AvgIpc) is 3.14. The van der Waals surface area contributed by atoms with E-state index in [0.717, 1.165) is 29.8 Å². The van der Waals surface area contributed by atoms with Crippen LogP contribution in [0.15, 0.2) is 53.5 Å². The summed E-state index contributed by atoms with van der Waals surface area (Å²) >= 11 is 0. The van der Waals surface area contributed by atoms with Crippen LogP contribution in [0.5, 0.6) is 5.75 Å². The molecule has 2 aromatic rings. The van der Waals surface area contributed by atoms with Gasteiger partial charge < -0.3 is 20.3 Å². The van der Waals surface area contributed by atoms with Crippen LogP contribution in [-0.4, -0.2) is 32.1 Å². The Morgan fingerprint density at radius 2 is 1.86 bits per heavy atom. The third-order valence-electron chi connectivity index (χ3n) is 4.59. The second kappa shape index (κ2) is 9.86. The van der Waals surface area contributed by atoms with Gasteiger partial charge in [0, 0.05) is 38.8 Å². The van der Waals surface area contributed by atoms with E-state index >= 15 is 0 Å². The number of carbonyl (C=O) groups is 1. The molecular formula is C21H24F2N4O2. The smallest absolute Gasteiger partial charge is 0.387 e. The summed E-state index contributed by atoms with van der Waals surface area (Å²) in [5.74, 6) is 0.881. The fraction of sp³-hybridized carbons (Fsp3) is 0.333. The lowest BCUT2D eigenvalue weighted by Gasteiger charge is -2.16. The van der Waals surface area contributed by atoms with E-state index < -0.39 is 6.61 Å². The maximum Gasteiger partial charge on any atom is 0.387 e. The number of hydrogen-bond donors (Lipinski definition) is 2. The van der Waals surface area contributed by atoms with Crippen LogP contribution in [0.2, 0.25) is 0 Å². The van der Waals surface area contributed by atoms with Gasteiger partial charge in [-0.3, -0.25) is 9.79 Å². The Kier molecular flexibility index (Phi) is 6.99. The lowest BCUT2D eigenvalue weighted by molar-refractivity contribution is -0.117. The zero-order valence-electron chi connectivity index (χ0n) is 16.2. The highest BCUT2D eigenvalue weighted by Crippen LogP contribution is 2.21. The van der Waals surface area contributed by atoms with Gasteiger partial charge in [0.1, 0.15) is 5.75 Å². The molecule has 3 rings (SSSR count). The zero-order chi connectivity index (χ0) is 20.6. The summed E-state index contributed by atoms with van der Waals surface area (Å²) in [4.78, 5) is 17.8. The van der Waals surface area contributed by atoms with Gasteiger partial charge in [0.05, 0.1) is 0 Å². The maximum absolute atomic E-state index is 12.3. The van der Waals surface area contributed by atoms with Gasteiger partial charge >= 0.3 is 6.61 Å². The van der Waals surface area contributed by atoms with Gasteiger partial charge in [-0.1, -0.05) is 24.3 Å². The third-order valence-corrected chi connectivity index (χ3v) is 4.59. The molecule has 0 spiro atoms. The number of rotatable bonds is 7. The monoisotopic (exact) mass is 402 g/mol. The molecule has 0 aliphatic carbocycles. The number of benzene rings is 2. The van der Waals surface area contributed by atoms with Crippen LogP contribution < -0.4 is 20.3 Å². The second-order valence-corrected chi connectivity index (χ2v) is 6.62. The first-order valence-electron chi connectivity index (χ1n) is 9.43. The van der Waals surface area contributed by atoms with Crippen LogP contribution in [0.1, 0.15) is 24.0 Å². The summed E-state index contributed by atoms with van der Waals surface area (Å²) in [7, 11) is 1.66. The molecule has 1 saturated heterocycles. The van der Waals surface area contributed by atoms with Crippen LogP contribution >= 0.6 is 0 Å². The van der Waals surface area contributed by atoms with Crippen molar-refractivity contribution in [1.82, 2.24) is 10.6 Å². The highest BCUT2D eigenvalue weighted by Gasteiger charge is 2.21. The molecule has 2 aromatic carbocycles. The summed E-state index contributed by atoms with van der Waals surface area (Å²) in [6.07, 6.45) is 1.52. The molecule has 0 unspecified atom stereocenters. The largest absolute Gasteiger partial charge is 0.435 e. The normalized spacial score (nSPS) is 14.4. The van der Waals surface area contributed by atoms with Crippen LogP contribution in [0.3, 0.4) is 0 Å². The Morgan fingerprint density at radius 1 is 1.14 bits per heavy atom. The second-order valence-electron chi connectivity index (χ2n) is 6.62. The molecule has 1 fully saturated rings. The number of guanidine groups is 1. The van der Waals surface area contributed by atoms with E-state index in [9.17, 15) is 13.6 Å². The van der Waals surface area contributed by atoms with Gasteiger partial charge in [-0.15, -0.1) is 0 Å². The van der Waals surface area contributed by atoms with E-state index in [2.05, 4.69) is 20.4 Å². The highest BCUT2D eigenvalue weighted by molar-refractivity contribution is 5.95. The summed E-state index contributed by atoms with van der Waals surface area (Å²) in [6, 6.07) is 14.4. The SMILES string of the molecule is CN=C(NCc1ccc(N2CCCC2=O)cc1)NCc1cccc(OC(F)F)c1. The predicted octanol–water partition coefficient (Wildman–Crippen LogP) is 3.28. The number of aliphatic imine (C=N–C) groups is 1. The fourth-order valence-corrected chi connectivity index (χ4v) is 3.14. The van der Waals surface area contributed by atoms with Crippen LogP contribution in [-0.2, 0) is 17.9 Å². The minimum atomic E-state index is -2.84. The van der Waals surface area contributed by atoms with Crippen molar-refractivity contribution in [1.29, 1.82) is 0 Å². The van der Waals surface area contributed by atoms with Gasteiger partial charge in [-0.2, -0.15) is 8.78 Å². The molecule has 0 saturated carbocycles. The van der Waals surface area contributed by atoms with Crippen LogP contribution in [0.4, 0.5) is 14.5 Å². The number of nitrogens with one attached hydrogen (secondary N) is 2. The first-order chi connectivity index (χ1) is 14.0. The molecule has 29 heavy (non-hydrogen) atoms. The Balaban J connectivity index is 1.50. The van der Waals surface area contributed by atoms with Crippen molar-refractivity contribution in [3.05, 3.63) is 59.7 Å². The molecule has 0 bridgehead atoms. The molecule has 0 radical (unpaired) electrons. The molecule has 1 aliphatic heterocycles. The molecule has 1 heterocycles. The molecule has 6 nitrogen and oxygen atoms in total. The van der Waals surface area contributed by atoms with E-state index in [1.54, 1.807) is 19.2 Å². The van der Waals surface area contributed by atoms with E-state index in [4.69, 9.17) is 0 Å². The fourth-order valence-electron chi connectivity index (χ4n) is 3.14. The van der Waals surface area contributed by atoms with Crippen LogP contribution in [0, 0.1) is 0 Å². The zero-order valence-corrected chi connectivity index (χ0v) is 16.2. The first-order valence-corrected chi connectivity index (χ1v) is 9.43. The molecule has 8 heteroatoms. The molecular weight excluding hydrogens is 378 g/mol. The molecule has 1 amide bonds. The van der Waals surface area contributed by atoms with E-state index in [1.807, 2.05) is 35.2 Å². The number of alkyl halides is 2. The van der Waals surface area contributed by atoms with Crippen molar-refractivity contribution in [2.24, 2.45) is 4.99 Å². The first kappa shape index (κ1) is 20.6. The van der Waals surface area contributed by atoms with Crippen molar-refractivity contribution in [3.63, 3.8) is 0 Å². The summed E-state index contributed by atoms with van der Waals surface area (Å²) < 4.78 is 29.1. The quantitative estimate of drug-likeness (QED) is 0.551. The number of carbonyl (C=O) groups excluding carboxylic acids is 1. The van der Waals surface area contributed by atoms with Crippen molar-refractivity contribution < 1.29 is 18.3 Å². The Hall–Kier alpha value is -3.16. The Bertz CT molecular complexity index is 856. The number of nitrogens with zero attached hydrogens (tertiary/aromatic N) is 2. The Labute approximate surface area is 168 Å². The summed E-state index contributed by atoms with van der Waals surface area (Å²) in [5.41, 5.74) is 2.77. The van der Waals surface area contributed by atoms with Gasteiger partial charge in [0.25, 0.3) is 0 Å². The van der Waals surface area contributed by atoms with Crippen molar-refractivity contribution >= 4 is 17.6 Å². The molecule has 2 N–H and O–H groups in total. The Morgan fingerprint density at radius 3 is 2.48 bits per heavy atom. The van der Waals surface area contributed by atoms with E-state index in [1.165, 1.54) is 6.07 Å².